The number of hydrogen-bond donors (Lipinski definition) is 2. The van der Waals surface area contributed by atoms with Crippen LogP contribution >= 0.6 is 0 Å². The molecule has 2 N–H and O–H groups in total. The van der Waals surface area contributed by atoms with Crippen LogP contribution < -0.4 is 14.8 Å². The molecule has 1 fully saturated rings. The predicted octanol–water partition coefficient (Wildman–Crippen LogP) is 2.34. The maximum absolute atomic E-state index is 13.2. The molecule has 1 saturated heterocycles. The van der Waals surface area contributed by atoms with Crippen molar-refractivity contribution in [2.75, 3.05) is 33.4 Å². The van der Waals surface area contributed by atoms with Gasteiger partial charge >= 0.3 is 6.09 Å². The van der Waals surface area contributed by atoms with E-state index >= 15 is 0 Å². The fraction of sp³-hybridized carbons (Fsp3) is 0.562. The molecule has 1 aliphatic heterocycles. The molecular weight excluding hydrogens is 303 g/mol. The van der Waals surface area contributed by atoms with E-state index in [1.165, 1.54) is 19.2 Å². The van der Waals surface area contributed by atoms with Gasteiger partial charge in [-0.1, -0.05) is 0 Å². The van der Waals surface area contributed by atoms with E-state index in [1.54, 1.807) is 6.07 Å². The van der Waals surface area contributed by atoms with Gasteiger partial charge in [0.15, 0.2) is 11.5 Å². The monoisotopic (exact) mass is 326 g/mol. The van der Waals surface area contributed by atoms with Gasteiger partial charge in [-0.2, -0.15) is 0 Å². The van der Waals surface area contributed by atoms with Gasteiger partial charge in [-0.3, -0.25) is 0 Å². The summed E-state index contributed by atoms with van der Waals surface area (Å²) in [5.74, 6) is 0.581. The Morgan fingerprint density at radius 1 is 1.39 bits per heavy atom. The second-order valence-electron chi connectivity index (χ2n) is 5.56. The lowest BCUT2D eigenvalue weighted by Gasteiger charge is -2.31. The molecule has 0 unspecified atom stereocenters. The Hall–Kier alpha value is -2.02. The van der Waals surface area contributed by atoms with E-state index < -0.39 is 6.09 Å². The van der Waals surface area contributed by atoms with Crippen molar-refractivity contribution < 1.29 is 23.8 Å². The molecule has 0 saturated carbocycles. The first-order valence-corrected chi connectivity index (χ1v) is 7.76. The van der Waals surface area contributed by atoms with Gasteiger partial charge in [0.1, 0.15) is 5.82 Å². The summed E-state index contributed by atoms with van der Waals surface area (Å²) in [6.45, 7) is 3.09. The molecule has 1 amide bonds. The van der Waals surface area contributed by atoms with Crippen LogP contribution in [0.2, 0.25) is 0 Å². The molecule has 6 nitrogen and oxygen atoms in total. The Labute approximate surface area is 135 Å². The predicted molar refractivity (Wildman–Crippen MR) is 83.7 cm³/mol. The summed E-state index contributed by atoms with van der Waals surface area (Å²) in [5.41, 5.74) is 0. The van der Waals surface area contributed by atoms with Crippen LogP contribution in [-0.4, -0.2) is 55.5 Å². The Balaban J connectivity index is 1.67. The topological polar surface area (TPSA) is 71.0 Å². The van der Waals surface area contributed by atoms with Gasteiger partial charge in [0.05, 0.1) is 13.7 Å². The molecule has 1 aromatic carbocycles. The molecule has 0 atom stereocenters. The van der Waals surface area contributed by atoms with Gasteiger partial charge in [0, 0.05) is 31.7 Å². The number of benzene rings is 1. The normalized spacial score (nSPS) is 16.1. The highest BCUT2D eigenvalue weighted by Gasteiger charge is 2.19. The fourth-order valence-electron chi connectivity index (χ4n) is 2.71. The number of nitrogens with one attached hydrogen (secondary N) is 1. The zero-order valence-corrected chi connectivity index (χ0v) is 13.3. The summed E-state index contributed by atoms with van der Waals surface area (Å²) in [7, 11) is 1.52. The Bertz CT molecular complexity index is 519. The van der Waals surface area contributed by atoms with Crippen LogP contribution in [0, 0.1) is 5.82 Å². The number of piperidine rings is 1. The quantitative estimate of drug-likeness (QED) is 0.753. The second-order valence-corrected chi connectivity index (χ2v) is 5.56. The van der Waals surface area contributed by atoms with Crippen LogP contribution in [0.4, 0.5) is 9.18 Å². The van der Waals surface area contributed by atoms with Gasteiger partial charge in [0.2, 0.25) is 0 Å². The van der Waals surface area contributed by atoms with E-state index in [0.29, 0.717) is 18.1 Å². The third kappa shape index (κ3) is 5.59. The number of ether oxygens (including phenoxy) is 2. The number of nitrogens with zero attached hydrogens (tertiary/aromatic N) is 1. The van der Waals surface area contributed by atoms with E-state index in [9.17, 15) is 9.18 Å². The first kappa shape index (κ1) is 17.3. The van der Waals surface area contributed by atoms with Crippen LogP contribution in [0.15, 0.2) is 18.2 Å². The molecule has 23 heavy (non-hydrogen) atoms. The minimum atomic E-state index is -0.958. The fourth-order valence-corrected chi connectivity index (χ4v) is 2.71. The molecule has 1 aromatic rings. The van der Waals surface area contributed by atoms with Gasteiger partial charge in [-0.25, -0.2) is 9.18 Å². The number of amides is 1. The maximum Gasteiger partial charge on any atom is 0.404 e. The zero-order valence-electron chi connectivity index (χ0n) is 13.3. The molecule has 0 aliphatic carbocycles. The summed E-state index contributed by atoms with van der Waals surface area (Å²) in [5, 5.41) is 11.2. The van der Waals surface area contributed by atoms with Crippen molar-refractivity contribution in [1.29, 1.82) is 0 Å². The van der Waals surface area contributed by atoms with Gasteiger partial charge in [-0.15, -0.1) is 0 Å². The molecular formula is C16H23FN2O4. The third-order valence-corrected chi connectivity index (χ3v) is 3.92. The molecule has 0 aromatic heterocycles. The zero-order chi connectivity index (χ0) is 16.7. The molecule has 2 rings (SSSR count). The highest BCUT2D eigenvalue weighted by Crippen LogP contribution is 2.27. The Kier molecular flexibility index (Phi) is 6.46. The summed E-state index contributed by atoms with van der Waals surface area (Å²) >= 11 is 0. The lowest BCUT2D eigenvalue weighted by Crippen LogP contribution is -2.44. The summed E-state index contributed by atoms with van der Waals surface area (Å²) < 4.78 is 23.9. The van der Waals surface area contributed by atoms with Crippen molar-refractivity contribution in [2.45, 2.75) is 25.3 Å². The van der Waals surface area contributed by atoms with Gasteiger partial charge < -0.3 is 24.8 Å². The number of likely N-dealkylation sites (tertiary alicyclic amines) is 1. The lowest BCUT2D eigenvalue weighted by molar-refractivity contribution is 0.162. The van der Waals surface area contributed by atoms with E-state index in [0.717, 1.165) is 38.9 Å². The van der Waals surface area contributed by atoms with Crippen LogP contribution in [0.25, 0.3) is 0 Å². The molecule has 0 bridgehead atoms. The number of methoxy groups -OCH3 is 1. The van der Waals surface area contributed by atoms with Gasteiger partial charge in [0.25, 0.3) is 0 Å². The van der Waals surface area contributed by atoms with Crippen LogP contribution in [0.5, 0.6) is 11.5 Å². The molecule has 128 valence electrons. The van der Waals surface area contributed by atoms with E-state index in [4.69, 9.17) is 14.6 Å². The largest absolute Gasteiger partial charge is 0.493 e. The summed E-state index contributed by atoms with van der Waals surface area (Å²) in [6.07, 6.45) is 1.51. The molecule has 0 radical (unpaired) electrons. The number of carboxylic acid groups (broad SMARTS) is 1. The van der Waals surface area contributed by atoms with Crippen LogP contribution in [0.3, 0.4) is 0 Å². The second kappa shape index (κ2) is 8.57. The lowest BCUT2D eigenvalue weighted by atomic mass is 10.1. The van der Waals surface area contributed by atoms with Crippen molar-refractivity contribution in [3.05, 3.63) is 24.0 Å². The third-order valence-electron chi connectivity index (χ3n) is 3.92. The van der Waals surface area contributed by atoms with Crippen LogP contribution in [0.1, 0.15) is 19.3 Å². The highest BCUT2D eigenvalue weighted by atomic mass is 19.1. The molecule has 1 heterocycles. The number of hydrogen-bond acceptors (Lipinski definition) is 4. The first-order valence-electron chi connectivity index (χ1n) is 7.76. The standard InChI is InChI=1S/C16H23FN2O4/c1-22-14-4-3-12(17)11-15(14)23-10-2-7-19-8-5-13(6-9-19)18-16(20)21/h3-4,11,13,18H,2,5-10H2,1H3,(H,20,21). The SMILES string of the molecule is COc1ccc(F)cc1OCCCN1CCC(NC(=O)O)CC1. The molecule has 0 spiro atoms. The summed E-state index contributed by atoms with van der Waals surface area (Å²) in [6, 6.07) is 4.25. The Morgan fingerprint density at radius 2 is 2.13 bits per heavy atom. The molecule has 7 heteroatoms. The first-order chi connectivity index (χ1) is 11.1. The van der Waals surface area contributed by atoms with E-state index in [1.807, 2.05) is 0 Å². The van der Waals surface area contributed by atoms with Crippen molar-refractivity contribution in [3.8, 4) is 11.5 Å². The smallest absolute Gasteiger partial charge is 0.404 e. The minimum Gasteiger partial charge on any atom is -0.493 e. The number of halogens is 1. The van der Waals surface area contributed by atoms with Gasteiger partial charge in [-0.05, 0) is 31.4 Å². The minimum absolute atomic E-state index is 0.0524. The van der Waals surface area contributed by atoms with E-state index in [2.05, 4.69) is 10.2 Å². The summed E-state index contributed by atoms with van der Waals surface area (Å²) in [4.78, 5) is 12.9. The van der Waals surface area contributed by atoms with Crippen LogP contribution in [-0.2, 0) is 0 Å². The van der Waals surface area contributed by atoms with E-state index in [-0.39, 0.29) is 11.9 Å². The average Bonchev–Trinajstić information content (AvgIpc) is 2.53. The average molecular weight is 326 g/mol. The highest BCUT2D eigenvalue weighted by molar-refractivity contribution is 5.64. The number of carbonyl (C=O) groups is 1. The molecule has 1 aliphatic rings. The van der Waals surface area contributed by atoms with Crippen molar-refractivity contribution >= 4 is 6.09 Å². The van der Waals surface area contributed by atoms with Crippen molar-refractivity contribution in [2.24, 2.45) is 0 Å². The Morgan fingerprint density at radius 3 is 2.78 bits per heavy atom. The van der Waals surface area contributed by atoms with Crippen molar-refractivity contribution in [1.82, 2.24) is 10.2 Å². The number of rotatable bonds is 7. The maximum atomic E-state index is 13.2. The van der Waals surface area contributed by atoms with Crippen molar-refractivity contribution in [3.63, 3.8) is 0 Å².